The Hall–Kier alpha value is 0.236. The van der Waals surface area contributed by atoms with Crippen molar-refractivity contribution in [2.24, 2.45) is 0 Å². The molecule has 0 spiro atoms. The summed E-state index contributed by atoms with van der Waals surface area (Å²) in [6.07, 6.45) is 1.51. The van der Waals surface area contributed by atoms with Gasteiger partial charge in [0.2, 0.25) is 5.91 Å². The van der Waals surface area contributed by atoms with E-state index in [4.69, 9.17) is 0 Å². The van der Waals surface area contributed by atoms with Crippen LogP contribution in [-0.4, -0.2) is 35.5 Å². The van der Waals surface area contributed by atoms with Crippen LogP contribution in [0, 0.1) is 0 Å². The number of hydrogen-bond acceptors (Lipinski definition) is 1. The number of amides is 1. The van der Waals surface area contributed by atoms with Crippen molar-refractivity contribution in [1.82, 2.24) is 5.32 Å². The molecule has 0 aromatic heterocycles. The molecular weight excluding hydrogens is 126 g/mol. The van der Waals surface area contributed by atoms with Gasteiger partial charge in [0.15, 0.2) is 0 Å². The van der Waals surface area contributed by atoms with Gasteiger partial charge in [0, 0.05) is 13.0 Å². The summed E-state index contributed by atoms with van der Waals surface area (Å²) in [5.41, 5.74) is 0. The van der Waals surface area contributed by atoms with Crippen LogP contribution in [0.25, 0.3) is 0 Å². The van der Waals surface area contributed by atoms with Crippen molar-refractivity contribution in [3.63, 3.8) is 0 Å². The first kappa shape index (κ1) is 12.0. The highest BCUT2D eigenvalue weighted by Gasteiger charge is 1.95. The molecule has 0 fully saturated rings. The summed E-state index contributed by atoms with van der Waals surface area (Å²) >= 11 is 0. The minimum Gasteiger partial charge on any atom is -0.273 e. The molecule has 0 rings (SSSR count). The number of nitrogens with zero attached hydrogens (tertiary/aromatic N) is 1. The Balaban J connectivity index is 0. The van der Waals surface area contributed by atoms with Crippen molar-refractivity contribution in [2.75, 3.05) is 6.54 Å². The van der Waals surface area contributed by atoms with E-state index in [1.807, 2.05) is 13.8 Å². The van der Waals surface area contributed by atoms with E-state index in [-0.39, 0.29) is 29.0 Å². The third-order valence-electron chi connectivity index (χ3n) is 0.798. The summed E-state index contributed by atoms with van der Waals surface area (Å²) in [7, 11) is 0. The van der Waals surface area contributed by atoms with Crippen molar-refractivity contribution in [1.29, 1.82) is 0 Å². The van der Waals surface area contributed by atoms with Crippen LogP contribution in [0.15, 0.2) is 0 Å². The van der Waals surface area contributed by atoms with Crippen molar-refractivity contribution in [2.45, 2.75) is 26.7 Å². The Bertz CT molecular complexity index is 67.5. The molecule has 0 atom stereocenters. The predicted molar refractivity (Wildman–Crippen MR) is 41.1 cm³/mol. The fraction of sp³-hybridized carbons (Fsp3) is 0.833. The third-order valence-corrected chi connectivity index (χ3v) is 0.798. The van der Waals surface area contributed by atoms with Crippen molar-refractivity contribution >= 4 is 29.0 Å². The van der Waals surface area contributed by atoms with Gasteiger partial charge >= 0.3 is 23.1 Å². The van der Waals surface area contributed by atoms with Crippen molar-refractivity contribution in [3.8, 4) is 0 Å². The lowest BCUT2D eigenvalue weighted by Crippen LogP contribution is -2.13. The van der Waals surface area contributed by atoms with Crippen LogP contribution in [0.2, 0.25) is 0 Å². The van der Waals surface area contributed by atoms with E-state index in [2.05, 4.69) is 5.32 Å². The number of carbonyl (C=O) groups excluding carboxylic acids is 1. The molecule has 1 amide bonds. The fourth-order valence-corrected chi connectivity index (χ4v) is 0.469. The van der Waals surface area contributed by atoms with E-state index in [9.17, 15) is 4.79 Å². The predicted octanol–water partition coefficient (Wildman–Crippen LogP) is 0.0212. The van der Waals surface area contributed by atoms with Crippen LogP contribution in [0.1, 0.15) is 26.7 Å². The van der Waals surface area contributed by atoms with Crippen LogP contribution in [0.5, 0.6) is 0 Å². The second-order valence-electron chi connectivity index (χ2n) is 1.62. The Morgan fingerprint density at radius 2 is 2.00 bits per heavy atom. The highest BCUT2D eigenvalue weighted by molar-refractivity contribution is 5.75. The van der Waals surface area contributed by atoms with Crippen LogP contribution in [0.4, 0.5) is 0 Å². The molecule has 0 bridgehead atoms. The monoisotopic (exact) mass is 140 g/mol. The lowest BCUT2D eigenvalue weighted by atomic mass is 10.3. The van der Waals surface area contributed by atoms with Crippen LogP contribution >= 0.6 is 0 Å². The summed E-state index contributed by atoms with van der Waals surface area (Å²) in [5, 5.41) is 3.68. The molecule has 0 aliphatic rings. The lowest BCUT2D eigenvalue weighted by Gasteiger charge is -1.92. The molecule has 0 aromatic rings. The largest absolute Gasteiger partial charge is 0.316 e. The SMILES string of the molecule is CCCC(=O)[N]CC.[MgH2]. The standard InChI is InChI=1S/C6H12NO.Mg.2H/c1-3-5-6(8)7-4-2;;;/h3-5H2,1-2H3;;;. The summed E-state index contributed by atoms with van der Waals surface area (Å²) in [6.45, 7) is 4.47. The van der Waals surface area contributed by atoms with E-state index < -0.39 is 0 Å². The molecule has 0 aromatic carbocycles. The van der Waals surface area contributed by atoms with E-state index in [1.54, 1.807) is 0 Å². The van der Waals surface area contributed by atoms with Gasteiger partial charge in [-0.2, -0.15) is 0 Å². The second kappa shape index (κ2) is 8.24. The van der Waals surface area contributed by atoms with E-state index in [1.165, 1.54) is 0 Å². The van der Waals surface area contributed by atoms with Gasteiger partial charge in [-0.25, -0.2) is 0 Å². The molecule has 1 radical (unpaired) electrons. The van der Waals surface area contributed by atoms with E-state index >= 15 is 0 Å². The van der Waals surface area contributed by atoms with E-state index in [0.717, 1.165) is 6.42 Å². The lowest BCUT2D eigenvalue weighted by molar-refractivity contribution is -0.121. The zero-order chi connectivity index (χ0) is 6.41. The third kappa shape index (κ3) is 8.24. The zero-order valence-corrected chi connectivity index (χ0v) is 5.48. The molecule has 3 heteroatoms. The van der Waals surface area contributed by atoms with Crippen LogP contribution < -0.4 is 5.32 Å². The highest BCUT2D eigenvalue weighted by atomic mass is 24.3. The first-order valence-electron chi connectivity index (χ1n) is 3.01. The number of hydrogen-bond donors (Lipinski definition) is 0. The van der Waals surface area contributed by atoms with Crippen LogP contribution in [-0.2, 0) is 4.79 Å². The van der Waals surface area contributed by atoms with Crippen molar-refractivity contribution in [3.05, 3.63) is 0 Å². The molecule has 0 unspecified atom stereocenters. The maximum absolute atomic E-state index is 10.5. The highest BCUT2D eigenvalue weighted by Crippen LogP contribution is 1.85. The minimum absolute atomic E-state index is 0. The smallest absolute Gasteiger partial charge is 0.273 e. The molecule has 0 heterocycles. The van der Waals surface area contributed by atoms with Gasteiger partial charge < -0.3 is 0 Å². The zero-order valence-electron chi connectivity index (χ0n) is 5.48. The van der Waals surface area contributed by atoms with Gasteiger partial charge in [0.25, 0.3) is 0 Å². The number of rotatable bonds is 3. The maximum Gasteiger partial charge on any atom is 0.316 e. The molecule has 51 valence electrons. The molecular formula is C6H14MgNO. The Kier molecular flexibility index (Phi) is 10.9. The Labute approximate surface area is 72.5 Å². The molecule has 0 aliphatic heterocycles. The maximum atomic E-state index is 10.5. The van der Waals surface area contributed by atoms with Gasteiger partial charge in [-0.1, -0.05) is 6.92 Å². The summed E-state index contributed by atoms with van der Waals surface area (Å²) in [5.74, 6) is 0.0370. The fourth-order valence-electron chi connectivity index (χ4n) is 0.469. The molecule has 0 aliphatic carbocycles. The van der Waals surface area contributed by atoms with Gasteiger partial charge in [-0.05, 0) is 13.3 Å². The van der Waals surface area contributed by atoms with Gasteiger partial charge in [-0.3, -0.25) is 10.1 Å². The minimum atomic E-state index is 0. The van der Waals surface area contributed by atoms with Crippen LogP contribution in [0.3, 0.4) is 0 Å². The molecule has 0 saturated carbocycles. The van der Waals surface area contributed by atoms with Gasteiger partial charge in [0.1, 0.15) is 0 Å². The summed E-state index contributed by atoms with van der Waals surface area (Å²) in [4.78, 5) is 10.5. The first-order chi connectivity index (χ1) is 3.81. The molecule has 2 nitrogen and oxygen atoms in total. The quantitative estimate of drug-likeness (QED) is 0.509. The van der Waals surface area contributed by atoms with Crippen molar-refractivity contribution < 1.29 is 4.79 Å². The number of carbonyl (C=O) groups is 1. The molecule has 0 N–H and O–H groups in total. The second-order valence-corrected chi connectivity index (χ2v) is 1.62. The average molecular weight is 140 g/mol. The first-order valence-corrected chi connectivity index (χ1v) is 3.01. The average Bonchev–Trinajstić information content (AvgIpc) is 1.68. The normalized spacial score (nSPS) is 7.78. The Morgan fingerprint density at radius 1 is 1.44 bits per heavy atom. The summed E-state index contributed by atoms with van der Waals surface area (Å²) in [6, 6.07) is 0. The topological polar surface area (TPSA) is 31.2 Å². The molecule has 0 saturated heterocycles. The summed E-state index contributed by atoms with van der Waals surface area (Å²) < 4.78 is 0. The Morgan fingerprint density at radius 3 is 2.33 bits per heavy atom. The van der Waals surface area contributed by atoms with Gasteiger partial charge in [0.05, 0.1) is 0 Å². The van der Waals surface area contributed by atoms with E-state index in [0.29, 0.717) is 13.0 Å². The van der Waals surface area contributed by atoms with Gasteiger partial charge in [-0.15, -0.1) is 0 Å². The molecule has 9 heavy (non-hydrogen) atoms.